The van der Waals surface area contributed by atoms with E-state index in [1.807, 2.05) is 0 Å². The molecular formula is C20H27F3. The molecule has 23 heavy (non-hydrogen) atoms. The molecule has 3 rings (SSSR count). The molecule has 0 spiro atoms. The quantitative estimate of drug-likeness (QED) is 0.549. The summed E-state index contributed by atoms with van der Waals surface area (Å²) in [5, 5.41) is 0. The van der Waals surface area contributed by atoms with Crippen molar-refractivity contribution in [3.8, 4) is 0 Å². The smallest absolute Gasteiger partial charge is 0.194 e. The van der Waals surface area contributed by atoms with E-state index in [9.17, 15) is 13.2 Å². The molecule has 2 fully saturated rings. The van der Waals surface area contributed by atoms with Gasteiger partial charge < -0.3 is 0 Å². The van der Waals surface area contributed by atoms with Gasteiger partial charge in [0.25, 0.3) is 0 Å². The standard InChI is InChI=1S/C20H27F3/c1-2-13-3-5-14(6-4-13)15-7-9-16(10-8-15)17-11-18(21)20(23)19(22)12-17/h11-16H,2-10H2,1H3/i9D,10D2. The minimum Gasteiger partial charge on any atom is -0.204 e. The molecule has 0 heterocycles. The summed E-state index contributed by atoms with van der Waals surface area (Å²) in [5.41, 5.74) is 0.0551. The number of halogens is 3. The van der Waals surface area contributed by atoms with Gasteiger partial charge in [-0.3, -0.25) is 0 Å². The third-order valence-electron chi connectivity index (χ3n) is 5.78. The minimum atomic E-state index is -1.73. The molecule has 3 heteroatoms. The van der Waals surface area contributed by atoms with E-state index in [4.69, 9.17) is 4.11 Å². The van der Waals surface area contributed by atoms with Crippen molar-refractivity contribution in [3.63, 3.8) is 0 Å². The van der Waals surface area contributed by atoms with Gasteiger partial charge in [0.05, 0.1) is 0 Å². The van der Waals surface area contributed by atoms with Gasteiger partial charge in [-0.25, -0.2) is 13.2 Å². The summed E-state index contributed by atoms with van der Waals surface area (Å²) in [4.78, 5) is 0. The Balaban J connectivity index is 1.78. The monoisotopic (exact) mass is 327 g/mol. The summed E-state index contributed by atoms with van der Waals surface area (Å²) in [7, 11) is 0. The highest BCUT2D eigenvalue weighted by Gasteiger charge is 2.31. The SMILES string of the molecule is [2H]C1CC(C2CCC(CC)CC2)CC([2H])([2H])C1c1cc(F)c(F)c(F)c1. The summed E-state index contributed by atoms with van der Waals surface area (Å²) >= 11 is 0. The Morgan fingerprint density at radius 1 is 0.957 bits per heavy atom. The van der Waals surface area contributed by atoms with E-state index in [1.54, 1.807) is 0 Å². The van der Waals surface area contributed by atoms with E-state index in [0.717, 1.165) is 30.9 Å². The van der Waals surface area contributed by atoms with Gasteiger partial charge >= 0.3 is 0 Å². The van der Waals surface area contributed by atoms with Crippen molar-refractivity contribution in [2.75, 3.05) is 0 Å². The number of hydrogen-bond acceptors (Lipinski definition) is 0. The normalized spacial score (nSPS) is 39.3. The van der Waals surface area contributed by atoms with Crippen molar-refractivity contribution in [3.05, 3.63) is 35.1 Å². The molecule has 2 aliphatic carbocycles. The molecule has 0 aliphatic heterocycles. The van der Waals surface area contributed by atoms with Crippen molar-refractivity contribution in [1.82, 2.24) is 0 Å². The van der Waals surface area contributed by atoms with Crippen molar-refractivity contribution in [2.45, 2.75) is 70.6 Å². The van der Waals surface area contributed by atoms with Crippen molar-refractivity contribution < 1.29 is 17.3 Å². The maximum atomic E-state index is 13.6. The first kappa shape index (κ1) is 13.3. The highest BCUT2D eigenvalue weighted by molar-refractivity contribution is 5.23. The van der Waals surface area contributed by atoms with Gasteiger partial charge in [0.15, 0.2) is 17.5 Å². The zero-order chi connectivity index (χ0) is 19.1. The molecular weight excluding hydrogens is 297 g/mol. The second kappa shape index (κ2) is 7.27. The van der Waals surface area contributed by atoms with Crippen LogP contribution in [0.1, 0.15) is 80.2 Å². The summed E-state index contributed by atoms with van der Waals surface area (Å²) in [6.07, 6.45) is 4.00. The van der Waals surface area contributed by atoms with Crippen molar-refractivity contribution >= 4 is 0 Å². The second-order valence-electron chi connectivity index (χ2n) is 7.10. The van der Waals surface area contributed by atoms with Crippen LogP contribution in [-0.2, 0) is 0 Å². The lowest BCUT2D eigenvalue weighted by atomic mass is 9.68. The van der Waals surface area contributed by atoms with Crippen LogP contribution in [0.2, 0.25) is 0 Å². The number of rotatable bonds is 3. The maximum absolute atomic E-state index is 13.6. The lowest BCUT2D eigenvalue weighted by molar-refractivity contribution is 0.158. The van der Waals surface area contributed by atoms with Gasteiger partial charge in [-0.1, -0.05) is 26.2 Å². The van der Waals surface area contributed by atoms with Gasteiger partial charge in [-0.15, -0.1) is 0 Å². The predicted octanol–water partition coefficient (Wildman–Crippen LogP) is 6.59. The third kappa shape index (κ3) is 3.75. The lowest BCUT2D eigenvalue weighted by Gasteiger charge is -2.38. The second-order valence-corrected chi connectivity index (χ2v) is 7.10. The first-order valence-corrected chi connectivity index (χ1v) is 8.79. The molecule has 0 amide bonds. The molecule has 1 aromatic carbocycles. The molecule has 1 aromatic rings. The molecule has 3 atom stereocenters. The predicted molar refractivity (Wildman–Crippen MR) is 86.8 cm³/mol. The average molecular weight is 327 g/mol. The van der Waals surface area contributed by atoms with Crippen LogP contribution in [0.3, 0.4) is 0 Å². The fourth-order valence-corrected chi connectivity index (χ4v) is 4.19. The van der Waals surface area contributed by atoms with E-state index >= 15 is 0 Å². The van der Waals surface area contributed by atoms with E-state index in [0.29, 0.717) is 18.8 Å². The molecule has 128 valence electrons. The average Bonchev–Trinajstić information content (AvgIpc) is 2.58. The van der Waals surface area contributed by atoms with E-state index in [1.165, 1.54) is 19.3 Å². The number of benzene rings is 1. The van der Waals surface area contributed by atoms with Crippen LogP contribution in [0, 0.1) is 35.2 Å². The van der Waals surface area contributed by atoms with Crippen molar-refractivity contribution in [2.24, 2.45) is 17.8 Å². The van der Waals surface area contributed by atoms with Gasteiger partial charge in [0.1, 0.15) is 0 Å². The van der Waals surface area contributed by atoms with Crippen LogP contribution in [0.5, 0.6) is 0 Å². The van der Waals surface area contributed by atoms with Crippen LogP contribution in [0.15, 0.2) is 12.1 Å². The van der Waals surface area contributed by atoms with Crippen LogP contribution in [0.25, 0.3) is 0 Å². The Morgan fingerprint density at radius 3 is 2.13 bits per heavy atom. The molecule has 3 unspecified atom stereocenters. The fraction of sp³-hybridized carbons (Fsp3) is 0.700. The Morgan fingerprint density at radius 2 is 1.57 bits per heavy atom. The molecule has 2 saturated carbocycles. The molecule has 0 saturated heterocycles. The fourth-order valence-electron chi connectivity index (χ4n) is 4.19. The Kier molecular flexibility index (Phi) is 4.21. The molecule has 0 N–H and O–H groups in total. The lowest BCUT2D eigenvalue weighted by Crippen LogP contribution is -2.25. The topological polar surface area (TPSA) is 0 Å². The van der Waals surface area contributed by atoms with Gasteiger partial charge in [-0.2, -0.15) is 0 Å². The highest BCUT2D eigenvalue weighted by atomic mass is 19.2. The maximum Gasteiger partial charge on any atom is 0.194 e. The summed E-state index contributed by atoms with van der Waals surface area (Å²) in [6, 6.07) is 1.71. The summed E-state index contributed by atoms with van der Waals surface area (Å²) in [5.74, 6) is -3.78. The highest BCUT2D eigenvalue weighted by Crippen LogP contribution is 2.44. The third-order valence-corrected chi connectivity index (χ3v) is 5.78. The van der Waals surface area contributed by atoms with Gasteiger partial charge in [0.2, 0.25) is 0 Å². The van der Waals surface area contributed by atoms with Crippen LogP contribution >= 0.6 is 0 Å². The zero-order valence-corrected chi connectivity index (χ0v) is 13.6. The molecule has 0 bridgehead atoms. The molecule has 2 aliphatic rings. The van der Waals surface area contributed by atoms with Crippen LogP contribution in [0.4, 0.5) is 13.2 Å². The van der Waals surface area contributed by atoms with Gasteiger partial charge in [-0.05, 0) is 79.8 Å². The largest absolute Gasteiger partial charge is 0.204 e. The minimum absolute atomic E-state index is 0.0551. The first-order chi connectivity index (χ1) is 12.2. The first-order valence-electron chi connectivity index (χ1n) is 10.4. The number of hydrogen-bond donors (Lipinski definition) is 0. The zero-order valence-electron chi connectivity index (χ0n) is 16.6. The Bertz CT molecular complexity index is 618. The van der Waals surface area contributed by atoms with Crippen molar-refractivity contribution in [1.29, 1.82) is 0 Å². The van der Waals surface area contributed by atoms with E-state index < -0.39 is 36.1 Å². The van der Waals surface area contributed by atoms with Crippen LogP contribution in [-0.4, -0.2) is 0 Å². The molecule has 0 nitrogen and oxygen atoms in total. The summed E-state index contributed by atoms with van der Waals surface area (Å²) < 4.78 is 65.9. The van der Waals surface area contributed by atoms with E-state index in [2.05, 4.69) is 6.92 Å². The Hall–Kier alpha value is -0.990. The molecule has 0 aromatic heterocycles. The van der Waals surface area contributed by atoms with Crippen LogP contribution < -0.4 is 0 Å². The van der Waals surface area contributed by atoms with Gasteiger partial charge in [0, 0.05) is 4.11 Å². The Labute approximate surface area is 141 Å². The van der Waals surface area contributed by atoms with E-state index in [-0.39, 0.29) is 11.5 Å². The summed E-state index contributed by atoms with van der Waals surface area (Å²) in [6.45, 7) is 2.20. The molecule has 0 radical (unpaired) electrons.